The zero-order valence-corrected chi connectivity index (χ0v) is 19.0. The van der Waals surface area contributed by atoms with E-state index in [1.807, 2.05) is 49.5 Å². The van der Waals surface area contributed by atoms with Crippen LogP contribution in [0.25, 0.3) is 0 Å². The van der Waals surface area contributed by atoms with Gasteiger partial charge in [-0.1, -0.05) is 29.8 Å². The SMILES string of the molecule is CCNC(=NCc1csc(N(C)C)n1)NCC(O)c1ccccc1Cl.I. The first-order chi connectivity index (χ1) is 12.0. The minimum Gasteiger partial charge on any atom is -0.387 e. The highest BCUT2D eigenvalue weighted by Crippen LogP contribution is 2.22. The molecule has 1 aromatic carbocycles. The first-order valence-corrected chi connectivity index (χ1v) is 9.33. The lowest BCUT2D eigenvalue weighted by Gasteiger charge is -2.16. The maximum absolute atomic E-state index is 10.3. The fraction of sp³-hybridized carbons (Fsp3) is 0.412. The van der Waals surface area contributed by atoms with Crippen molar-refractivity contribution in [1.29, 1.82) is 0 Å². The van der Waals surface area contributed by atoms with Crippen LogP contribution >= 0.6 is 46.9 Å². The molecule has 0 aliphatic heterocycles. The average molecular weight is 510 g/mol. The van der Waals surface area contributed by atoms with E-state index in [0.717, 1.165) is 17.4 Å². The van der Waals surface area contributed by atoms with Crippen molar-refractivity contribution in [2.45, 2.75) is 19.6 Å². The summed E-state index contributed by atoms with van der Waals surface area (Å²) in [6.45, 7) is 3.51. The number of nitrogens with zero attached hydrogens (tertiary/aromatic N) is 3. The third-order valence-corrected chi connectivity index (χ3v) is 4.79. The van der Waals surface area contributed by atoms with Crippen LogP contribution in [0.2, 0.25) is 5.02 Å². The van der Waals surface area contributed by atoms with Gasteiger partial charge in [-0.25, -0.2) is 9.98 Å². The van der Waals surface area contributed by atoms with Gasteiger partial charge in [-0.15, -0.1) is 35.3 Å². The molecular formula is C17H25ClIN5OS. The van der Waals surface area contributed by atoms with Gasteiger partial charge >= 0.3 is 0 Å². The normalized spacial score (nSPS) is 12.3. The van der Waals surface area contributed by atoms with E-state index in [4.69, 9.17) is 11.6 Å². The predicted octanol–water partition coefficient (Wildman–Crippen LogP) is 3.27. The number of aliphatic hydroxyl groups is 1. The lowest BCUT2D eigenvalue weighted by Crippen LogP contribution is -2.39. The van der Waals surface area contributed by atoms with Gasteiger partial charge in [-0.05, 0) is 13.0 Å². The quantitative estimate of drug-likeness (QED) is 0.304. The Morgan fingerprint density at radius 1 is 1.35 bits per heavy atom. The molecular weight excluding hydrogens is 485 g/mol. The molecule has 1 aromatic heterocycles. The Labute approximate surface area is 180 Å². The smallest absolute Gasteiger partial charge is 0.191 e. The molecule has 0 saturated carbocycles. The van der Waals surface area contributed by atoms with Gasteiger partial charge in [-0.2, -0.15) is 0 Å². The first kappa shape index (κ1) is 22.9. The molecule has 2 aromatic rings. The van der Waals surface area contributed by atoms with Crippen molar-refractivity contribution in [3.8, 4) is 0 Å². The Balaban J connectivity index is 0.00000338. The molecule has 2 rings (SSSR count). The van der Waals surface area contributed by atoms with Crippen LogP contribution in [0.3, 0.4) is 0 Å². The summed E-state index contributed by atoms with van der Waals surface area (Å²) in [6, 6.07) is 7.28. The maximum atomic E-state index is 10.3. The summed E-state index contributed by atoms with van der Waals surface area (Å²) >= 11 is 7.71. The van der Waals surface area contributed by atoms with E-state index in [9.17, 15) is 5.11 Å². The second-order valence-electron chi connectivity index (χ2n) is 5.63. The number of aliphatic imine (C=N–C) groups is 1. The molecule has 3 N–H and O–H groups in total. The summed E-state index contributed by atoms with van der Waals surface area (Å²) < 4.78 is 0. The third kappa shape index (κ3) is 6.90. The molecule has 0 bridgehead atoms. The number of thiazole rings is 1. The topological polar surface area (TPSA) is 72.8 Å². The molecule has 6 nitrogen and oxygen atoms in total. The van der Waals surface area contributed by atoms with E-state index in [0.29, 0.717) is 29.6 Å². The molecule has 26 heavy (non-hydrogen) atoms. The summed E-state index contributed by atoms with van der Waals surface area (Å²) in [7, 11) is 3.93. The standard InChI is InChI=1S/C17H24ClN5OS.HI/c1-4-19-16(20-9-12-11-25-17(22-12)23(2)3)21-10-15(24)13-7-5-6-8-14(13)18;/h5-8,11,15,24H,4,9-10H2,1-3H3,(H2,19,20,21);1H. The fourth-order valence-electron chi connectivity index (χ4n) is 2.12. The number of hydrogen-bond donors (Lipinski definition) is 3. The molecule has 0 aliphatic carbocycles. The Kier molecular flexibility index (Phi) is 10.2. The number of aromatic nitrogens is 1. The average Bonchev–Trinajstić information content (AvgIpc) is 3.07. The van der Waals surface area contributed by atoms with Gasteiger partial charge in [-0.3, -0.25) is 0 Å². The summed E-state index contributed by atoms with van der Waals surface area (Å²) in [6.07, 6.45) is -0.711. The van der Waals surface area contributed by atoms with Crippen LogP contribution in [0, 0.1) is 0 Å². The van der Waals surface area contributed by atoms with Crippen molar-refractivity contribution in [1.82, 2.24) is 15.6 Å². The molecule has 0 saturated heterocycles. The second-order valence-corrected chi connectivity index (χ2v) is 6.87. The van der Waals surface area contributed by atoms with Crippen LogP contribution < -0.4 is 15.5 Å². The summed E-state index contributed by atoms with van der Waals surface area (Å²) in [5.41, 5.74) is 1.61. The molecule has 0 amide bonds. The molecule has 1 unspecified atom stereocenters. The summed E-state index contributed by atoms with van der Waals surface area (Å²) in [5.74, 6) is 0.632. The number of guanidine groups is 1. The number of benzene rings is 1. The van der Waals surface area contributed by atoms with Crippen LogP contribution in [0.15, 0.2) is 34.6 Å². The number of aliphatic hydroxyl groups excluding tert-OH is 1. The first-order valence-electron chi connectivity index (χ1n) is 8.07. The maximum Gasteiger partial charge on any atom is 0.191 e. The Bertz CT molecular complexity index is 710. The third-order valence-electron chi connectivity index (χ3n) is 3.39. The van der Waals surface area contributed by atoms with E-state index in [2.05, 4.69) is 20.6 Å². The number of nitrogens with one attached hydrogen (secondary N) is 2. The number of hydrogen-bond acceptors (Lipinski definition) is 5. The highest BCUT2D eigenvalue weighted by atomic mass is 127. The van der Waals surface area contributed by atoms with Crippen LogP contribution in [0.5, 0.6) is 0 Å². The minimum atomic E-state index is -0.711. The van der Waals surface area contributed by atoms with Crippen LogP contribution in [-0.4, -0.2) is 43.2 Å². The van der Waals surface area contributed by atoms with E-state index < -0.39 is 6.10 Å². The zero-order valence-electron chi connectivity index (χ0n) is 15.1. The van der Waals surface area contributed by atoms with Crippen LogP contribution in [0.1, 0.15) is 24.3 Å². The molecule has 0 aliphatic rings. The van der Waals surface area contributed by atoms with E-state index in [-0.39, 0.29) is 24.0 Å². The van der Waals surface area contributed by atoms with Gasteiger partial charge in [0.25, 0.3) is 0 Å². The highest BCUT2D eigenvalue weighted by molar-refractivity contribution is 14.0. The second kappa shape index (κ2) is 11.6. The van der Waals surface area contributed by atoms with Gasteiger partial charge in [0.05, 0.1) is 18.3 Å². The molecule has 9 heteroatoms. The van der Waals surface area contributed by atoms with Gasteiger partial charge < -0.3 is 20.6 Å². The lowest BCUT2D eigenvalue weighted by atomic mass is 10.1. The predicted molar refractivity (Wildman–Crippen MR) is 121 cm³/mol. The van der Waals surface area contributed by atoms with Gasteiger partial charge in [0.1, 0.15) is 0 Å². The minimum absolute atomic E-state index is 0. The Morgan fingerprint density at radius 2 is 2.08 bits per heavy atom. The summed E-state index contributed by atoms with van der Waals surface area (Å²) in [5, 5.41) is 20.1. The van der Waals surface area contributed by atoms with E-state index in [1.54, 1.807) is 17.4 Å². The summed E-state index contributed by atoms with van der Waals surface area (Å²) in [4.78, 5) is 11.0. The monoisotopic (exact) mass is 509 g/mol. The molecule has 1 atom stereocenters. The van der Waals surface area contributed by atoms with Crippen molar-refractivity contribution in [3.05, 3.63) is 45.9 Å². The van der Waals surface area contributed by atoms with Crippen molar-refractivity contribution < 1.29 is 5.11 Å². The molecule has 0 radical (unpaired) electrons. The van der Waals surface area contributed by atoms with Crippen LogP contribution in [0.4, 0.5) is 5.13 Å². The Morgan fingerprint density at radius 3 is 2.69 bits per heavy atom. The molecule has 0 spiro atoms. The fourth-order valence-corrected chi connectivity index (χ4v) is 3.14. The lowest BCUT2D eigenvalue weighted by molar-refractivity contribution is 0.181. The van der Waals surface area contributed by atoms with Crippen molar-refractivity contribution >= 4 is 58.0 Å². The van der Waals surface area contributed by atoms with Crippen molar-refractivity contribution in [3.63, 3.8) is 0 Å². The zero-order chi connectivity index (χ0) is 18.2. The molecule has 0 fully saturated rings. The van der Waals surface area contributed by atoms with E-state index in [1.165, 1.54) is 0 Å². The van der Waals surface area contributed by atoms with Gasteiger partial charge in [0.15, 0.2) is 11.1 Å². The Hall–Kier alpha value is -1.10. The largest absolute Gasteiger partial charge is 0.387 e. The van der Waals surface area contributed by atoms with Gasteiger partial charge in [0.2, 0.25) is 0 Å². The number of halogens is 2. The van der Waals surface area contributed by atoms with Gasteiger partial charge in [0, 0.05) is 43.2 Å². The molecule has 1 heterocycles. The van der Waals surface area contributed by atoms with Crippen LogP contribution in [-0.2, 0) is 6.54 Å². The van der Waals surface area contributed by atoms with Crippen molar-refractivity contribution in [2.24, 2.45) is 4.99 Å². The number of rotatable bonds is 7. The molecule has 144 valence electrons. The highest BCUT2D eigenvalue weighted by Gasteiger charge is 2.11. The van der Waals surface area contributed by atoms with Crippen molar-refractivity contribution in [2.75, 3.05) is 32.1 Å². The number of anilines is 1. The van der Waals surface area contributed by atoms with E-state index >= 15 is 0 Å².